The number of amides is 1. The molecule has 1 aromatic heterocycles. The summed E-state index contributed by atoms with van der Waals surface area (Å²) < 4.78 is 5.22. The molecule has 1 aliphatic rings. The van der Waals surface area contributed by atoms with Crippen molar-refractivity contribution in [2.45, 2.75) is 39.2 Å². The van der Waals surface area contributed by atoms with E-state index < -0.39 is 10.5 Å². The second kappa shape index (κ2) is 7.46. The topological polar surface area (TPSA) is 97.6 Å². The molecule has 8 heteroatoms. The van der Waals surface area contributed by atoms with Crippen LogP contribution in [0.1, 0.15) is 33.6 Å². The zero-order valence-corrected chi connectivity index (χ0v) is 14.3. The number of ether oxygens (including phenoxy) is 1. The summed E-state index contributed by atoms with van der Waals surface area (Å²) in [4.78, 5) is 28.1. The van der Waals surface area contributed by atoms with Crippen LogP contribution in [0.5, 0.6) is 0 Å². The summed E-state index contributed by atoms with van der Waals surface area (Å²) in [5, 5.41) is 13.5. The molecule has 1 saturated heterocycles. The maximum Gasteiger partial charge on any atom is 0.407 e. The van der Waals surface area contributed by atoms with Crippen LogP contribution in [0, 0.1) is 16.0 Å². The highest BCUT2D eigenvalue weighted by molar-refractivity contribution is 5.67. The number of carbonyl (C=O) groups excluding carboxylic acids is 1. The van der Waals surface area contributed by atoms with Crippen LogP contribution >= 0.6 is 0 Å². The average molecular weight is 336 g/mol. The van der Waals surface area contributed by atoms with E-state index in [1.807, 2.05) is 20.8 Å². The second-order valence-electron chi connectivity index (χ2n) is 6.94. The predicted octanol–water partition coefficient (Wildman–Crippen LogP) is 2.73. The van der Waals surface area contributed by atoms with Gasteiger partial charge in [0.1, 0.15) is 17.6 Å². The van der Waals surface area contributed by atoms with Crippen molar-refractivity contribution in [3.05, 3.63) is 28.4 Å². The summed E-state index contributed by atoms with van der Waals surface area (Å²) in [6.45, 7) is 7.72. The van der Waals surface area contributed by atoms with Gasteiger partial charge in [-0.1, -0.05) is 0 Å². The first-order chi connectivity index (χ1) is 11.2. The van der Waals surface area contributed by atoms with Crippen LogP contribution < -0.4 is 10.2 Å². The number of aromatic nitrogens is 1. The van der Waals surface area contributed by atoms with Gasteiger partial charge in [-0.05, 0) is 45.6 Å². The Kier molecular flexibility index (Phi) is 5.58. The van der Waals surface area contributed by atoms with Gasteiger partial charge in [-0.2, -0.15) is 0 Å². The predicted molar refractivity (Wildman–Crippen MR) is 90.1 cm³/mol. The lowest BCUT2D eigenvalue weighted by Gasteiger charge is -2.32. The summed E-state index contributed by atoms with van der Waals surface area (Å²) in [6, 6.07) is 3.15. The van der Waals surface area contributed by atoms with Crippen LogP contribution in [0.4, 0.5) is 16.3 Å². The van der Waals surface area contributed by atoms with E-state index in [9.17, 15) is 14.9 Å². The minimum atomic E-state index is -0.491. The molecule has 0 bridgehead atoms. The first kappa shape index (κ1) is 18.0. The molecule has 0 aliphatic carbocycles. The summed E-state index contributed by atoms with van der Waals surface area (Å²) >= 11 is 0. The molecular weight excluding hydrogens is 312 g/mol. The highest BCUT2D eigenvalue weighted by atomic mass is 16.6. The largest absolute Gasteiger partial charge is 0.444 e. The second-order valence-corrected chi connectivity index (χ2v) is 6.94. The van der Waals surface area contributed by atoms with Crippen LogP contribution in [0.3, 0.4) is 0 Å². The van der Waals surface area contributed by atoms with Crippen molar-refractivity contribution in [3.8, 4) is 0 Å². The van der Waals surface area contributed by atoms with Crippen molar-refractivity contribution in [1.82, 2.24) is 10.3 Å². The first-order valence-corrected chi connectivity index (χ1v) is 8.07. The lowest BCUT2D eigenvalue weighted by molar-refractivity contribution is -0.385. The molecule has 0 radical (unpaired) electrons. The number of nitrogens with one attached hydrogen (secondary N) is 1. The van der Waals surface area contributed by atoms with E-state index in [0.29, 0.717) is 12.5 Å². The van der Waals surface area contributed by atoms with Crippen molar-refractivity contribution in [3.63, 3.8) is 0 Å². The number of nitrogens with zero attached hydrogens (tertiary/aromatic N) is 3. The molecule has 0 aromatic carbocycles. The summed E-state index contributed by atoms with van der Waals surface area (Å²) in [5.74, 6) is 1.14. The Labute approximate surface area is 141 Å². The summed E-state index contributed by atoms with van der Waals surface area (Å²) in [6.07, 6.45) is 2.75. The average Bonchev–Trinajstić information content (AvgIpc) is 2.52. The Morgan fingerprint density at radius 1 is 1.42 bits per heavy atom. The molecule has 1 amide bonds. The highest BCUT2D eigenvalue weighted by Gasteiger charge is 2.22. The molecule has 1 aromatic rings. The fourth-order valence-corrected chi connectivity index (χ4v) is 2.58. The van der Waals surface area contributed by atoms with E-state index in [-0.39, 0.29) is 11.8 Å². The van der Waals surface area contributed by atoms with Gasteiger partial charge in [0.05, 0.1) is 4.92 Å². The lowest BCUT2D eigenvalue weighted by atomic mass is 9.97. The maximum absolute atomic E-state index is 11.7. The third-order valence-electron chi connectivity index (χ3n) is 3.82. The Hall–Kier alpha value is -2.38. The highest BCUT2D eigenvalue weighted by Crippen LogP contribution is 2.22. The van der Waals surface area contributed by atoms with E-state index in [4.69, 9.17) is 4.74 Å². The minimum Gasteiger partial charge on any atom is -0.444 e. The zero-order valence-electron chi connectivity index (χ0n) is 14.3. The number of carbonyl (C=O) groups is 1. The van der Waals surface area contributed by atoms with Gasteiger partial charge in [-0.25, -0.2) is 9.78 Å². The van der Waals surface area contributed by atoms with Gasteiger partial charge in [-0.15, -0.1) is 0 Å². The fourth-order valence-electron chi connectivity index (χ4n) is 2.58. The molecule has 132 valence electrons. The molecule has 1 fully saturated rings. The Morgan fingerprint density at radius 2 is 2.08 bits per heavy atom. The third kappa shape index (κ3) is 5.36. The fraction of sp³-hybridized carbons (Fsp3) is 0.625. The van der Waals surface area contributed by atoms with E-state index in [0.717, 1.165) is 31.7 Å². The van der Waals surface area contributed by atoms with Gasteiger partial charge in [-0.3, -0.25) is 10.1 Å². The van der Waals surface area contributed by atoms with Crippen molar-refractivity contribution < 1.29 is 14.5 Å². The van der Waals surface area contributed by atoms with Crippen molar-refractivity contribution in [2.24, 2.45) is 5.92 Å². The van der Waals surface area contributed by atoms with Gasteiger partial charge in [0.15, 0.2) is 0 Å². The molecule has 2 heterocycles. The molecule has 0 unspecified atom stereocenters. The van der Waals surface area contributed by atoms with Crippen LogP contribution in [-0.2, 0) is 4.74 Å². The maximum atomic E-state index is 11.7. The number of piperidine rings is 1. The number of hydrogen-bond donors (Lipinski definition) is 1. The molecule has 0 spiro atoms. The van der Waals surface area contributed by atoms with Gasteiger partial charge in [0.25, 0.3) is 5.69 Å². The molecular formula is C16H24N4O4. The number of nitro groups is 1. The number of anilines is 1. The summed E-state index contributed by atoms with van der Waals surface area (Å²) in [7, 11) is 0. The van der Waals surface area contributed by atoms with Crippen molar-refractivity contribution in [2.75, 3.05) is 24.5 Å². The number of alkyl carbamates (subject to hydrolysis) is 1. The van der Waals surface area contributed by atoms with Gasteiger partial charge in [0.2, 0.25) is 0 Å². The monoisotopic (exact) mass is 336 g/mol. The van der Waals surface area contributed by atoms with Crippen LogP contribution in [0.15, 0.2) is 18.3 Å². The zero-order chi connectivity index (χ0) is 17.7. The lowest BCUT2D eigenvalue weighted by Crippen LogP contribution is -2.40. The van der Waals surface area contributed by atoms with Crippen molar-refractivity contribution >= 4 is 17.6 Å². The van der Waals surface area contributed by atoms with E-state index >= 15 is 0 Å². The number of rotatable bonds is 4. The molecule has 1 aliphatic heterocycles. The van der Waals surface area contributed by atoms with Crippen LogP contribution in [-0.4, -0.2) is 41.2 Å². The minimum absolute atomic E-state index is 0.00445. The molecule has 2 rings (SSSR count). The summed E-state index contributed by atoms with van der Waals surface area (Å²) in [5.41, 5.74) is -0.495. The van der Waals surface area contributed by atoms with E-state index in [1.165, 1.54) is 12.3 Å². The van der Waals surface area contributed by atoms with E-state index in [1.54, 1.807) is 6.07 Å². The molecule has 1 N–H and O–H groups in total. The molecule has 8 nitrogen and oxygen atoms in total. The molecule has 0 saturated carbocycles. The van der Waals surface area contributed by atoms with Crippen LogP contribution in [0.25, 0.3) is 0 Å². The molecule has 24 heavy (non-hydrogen) atoms. The third-order valence-corrected chi connectivity index (χ3v) is 3.82. The first-order valence-electron chi connectivity index (χ1n) is 8.07. The number of pyridine rings is 1. The Bertz CT molecular complexity index is 575. The van der Waals surface area contributed by atoms with Gasteiger partial charge in [0, 0.05) is 25.7 Å². The van der Waals surface area contributed by atoms with Crippen molar-refractivity contribution in [1.29, 1.82) is 0 Å². The van der Waals surface area contributed by atoms with Gasteiger partial charge >= 0.3 is 6.09 Å². The number of hydrogen-bond acceptors (Lipinski definition) is 6. The van der Waals surface area contributed by atoms with Crippen LogP contribution in [0.2, 0.25) is 0 Å². The quantitative estimate of drug-likeness (QED) is 0.670. The standard InChI is InChI=1S/C16H24N4O4/c1-16(2,3)24-15(21)18-10-12-6-8-19(9-7-12)14-5-4-13(11-17-14)20(22)23/h4-5,11-12H,6-10H2,1-3H3,(H,18,21). The Balaban J connectivity index is 1.77. The normalized spacial score (nSPS) is 15.9. The SMILES string of the molecule is CC(C)(C)OC(=O)NCC1CCN(c2ccc([N+](=O)[O-])cn2)CC1. The Morgan fingerprint density at radius 3 is 2.58 bits per heavy atom. The smallest absolute Gasteiger partial charge is 0.407 e. The van der Waals surface area contributed by atoms with E-state index in [2.05, 4.69) is 15.2 Å². The molecule has 0 atom stereocenters. The van der Waals surface area contributed by atoms with Gasteiger partial charge < -0.3 is 15.0 Å².